The highest BCUT2D eigenvalue weighted by molar-refractivity contribution is 7.80. The number of nitrogens with one attached hydrogen (secondary N) is 1. The number of thiocarbonyl (C=S) groups is 1. The fourth-order valence-electron chi connectivity index (χ4n) is 8.01. The van der Waals surface area contributed by atoms with Crippen LogP contribution < -0.4 is 20.5 Å². The molecule has 1 saturated heterocycles. The Labute approximate surface area is 231 Å². The van der Waals surface area contributed by atoms with E-state index in [-0.39, 0.29) is 16.5 Å². The Bertz CT molecular complexity index is 1810. The molecule has 8 nitrogen and oxygen atoms in total. The van der Waals surface area contributed by atoms with Gasteiger partial charge >= 0.3 is 0 Å². The van der Waals surface area contributed by atoms with Gasteiger partial charge in [0.15, 0.2) is 22.8 Å². The average Bonchev–Trinajstić information content (AvgIpc) is 3.60. The number of benzene rings is 1. The van der Waals surface area contributed by atoms with Gasteiger partial charge in [0.25, 0.3) is 6.23 Å². The molecule has 4 aliphatic heterocycles. The summed E-state index contributed by atoms with van der Waals surface area (Å²) in [6.45, 7) is 2.73. The molecule has 0 radical (unpaired) electrons. The van der Waals surface area contributed by atoms with Gasteiger partial charge in [-0.2, -0.15) is 5.01 Å². The Balaban J connectivity index is 1.69. The number of hydrogen-bond acceptors (Lipinski definition) is 5. The molecule has 4 bridgehead atoms. The molecule has 39 heavy (non-hydrogen) atoms. The summed E-state index contributed by atoms with van der Waals surface area (Å²) in [6, 6.07) is 0. The second-order valence-corrected chi connectivity index (χ2v) is 11.6. The molecule has 9 heteroatoms. The normalized spacial score (nSPS) is 31.3. The topological polar surface area (TPSA) is 68.1 Å². The van der Waals surface area contributed by atoms with Crippen LogP contribution >= 0.6 is 12.2 Å². The third-order valence-electron chi connectivity index (χ3n) is 9.37. The molecule has 5 heterocycles. The van der Waals surface area contributed by atoms with E-state index in [0.717, 1.165) is 55.8 Å². The summed E-state index contributed by atoms with van der Waals surface area (Å²) in [4.78, 5) is 18.3. The standard InChI is InChI=1S/C30H29N5O3S/c1-30-11-6-12-34-20-7-5-8-22(36)25(20)24-19-15-32-14-18(19)23-17-10-9-16(38-30)13-21(17)35(28(30)37-4,27(23)26(24)34)33(3)29(39)31-2/h6-7,9-11,14-16,28H,5,8,12-13H2,1-4H3/p+1/b11-6-/t16-,28-,30+,35-/m0/s1. The molecule has 198 valence electrons. The first kappa shape index (κ1) is 23.5. The van der Waals surface area contributed by atoms with Crippen molar-refractivity contribution in [1.29, 1.82) is 0 Å². The molecular weight excluding hydrogens is 510 g/mol. The Kier molecular flexibility index (Phi) is 4.60. The van der Waals surface area contributed by atoms with Gasteiger partial charge in [-0.15, -0.1) is 4.59 Å². The molecule has 2 aromatic rings. The number of allylic oxidation sites excluding steroid dienone is 3. The number of aliphatic imine (C=N–C) groups is 1. The largest absolute Gasteiger partial charge is 0.362 e. The van der Waals surface area contributed by atoms with Crippen LogP contribution in [-0.2, 0) is 16.0 Å². The van der Waals surface area contributed by atoms with Gasteiger partial charge in [-0.05, 0) is 37.7 Å². The Hall–Kier alpha value is -3.37. The Morgan fingerprint density at radius 3 is 3.03 bits per heavy atom. The van der Waals surface area contributed by atoms with Crippen molar-refractivity contribution in [1.82, 2.24) is 19.5 Å². The molecule has 6 aliphatic rings. The summed E-state index contributed by atoms with van der Waals surface area (Å²) in [6.07, 6.45) is 16.2. The monoisotopic (exact) mass is 540 g/mol. The second-order valence-electron chi connectivity index (χ2n) is 11.2. The van der Waals surface area contributed by atoms with E-state index >= 15 is 0 Å². The molecule has 0 saturated carbocycles. The number of fused-ring (bicyclic) bond motifs is 9. The predicted octanol–water partition coefficient (Wildman–Crippen LogP) is 2.61. The average molecular weight is 541 g/mol. The minimum absolute atomic E-state index is 0.111. The predicted molar refractivity (Wildman–Crippen MR) is 156 cm³/mol. The van der Waals surface area contributed by atoms with Gasteiger partial charge in [0.05, 0.1) is 30.7 Å². The van der Waals surface area contributed by atoms with Crippen molar-refractivity contribution in [2.75, 3.05) is 21.2 Å². The highest BCUT2D eigenvalue weighted by atomic mass is 32.1. The van der Waals surface area contributed by atoms with Crippen LogP contribution in [0.15, 0.2) is 35.0 Å². The zero-order valence-corrected chi connectivity index (χ0v) is 23.3. The molecule has 1 N–H and O–H groups in total. The van der Waals surface area contributed by atoms with Crippen LogP contribution in [0.3, 0.4) is 0 Å². The number of ether oxygens (including phenoxy) is 2. The number of carbonyl (C=O) groups excluding carboxylic acids is 1. The van der Waals surface area contributed by atoms with Crippen LogP contribution in [0.2, 0.25) is 0 Å². The minimum atomic E-state index is -0.782. The van der Waals surface area contributed by atoms with E-state index in [9.17, 15) is 4.79 Å². The summed E-state index contributed by atoms with van der Waals surface area (Å²) in [5.41, 5.74) is 6.68. The molecule has 0 unspecified atom stereocenters. The van der Waals surface area contributed by atoms with Crippen LogP contribution in [0.5, 0.6) is 0 Å². The Morgan fingerprint density at radius 1 is 1.38 bits per heavy atom. The van der Waals surface area contributed by atoms with Crippen LogP contribution in [0.4, 0.5) is 5.69 Å². The number of aromatic nitrogens is 1. The van der Waals surface area contributed by atoms with Gasteiger partial charge in [-0.3, -0.25) is 9.79 Å². The zero-order chi connectivity index (χ0) is 26.8. The van der Waals surface area contributed by atoms with Gasteiger partial charge < -0.3 is 19.4 Å². The number of Topliss-reactive ketones (excluding diaryl/α,β-unsaturated/α-hetero) is 1. The molecule has 1 aromatic carbocycles. The third-order valence-corrected chi connectivity index (χ3v) is 9.84. The van der Waals surface area contributed by atoms with Gasteiger partial charge in [-0.1, -0.05) is 18.2 Å². The quantitative estimate of drug-likeness (QED) is 0.359. The maximum atomic E-state index is 13.6. The first-order valence-corrected chi connectivity index (χ1v) is 13.9. The summed E-state index contributed by atoms with van der Waals surface area (Å²) in [7, 11) is 5.65. The highest BCUT2D eigenvalue weighted by Gasteiger charge is 2.66. The highest BCUT2D eigenvalue weighted by Crippen LogP contribution is 2.59. The molecule has 2 aliphatic carbocycles. The smallest absolute Gasteiger partial charge is 0.258 e. The third kappa shape index (κ3) is 2.58. The molecule has 0 amide bonds. The number of methoxy groups -OCH3 is 1. The maximum absolute atomic E-state index is 13.6. The van der Waals surface area contributed by atoms with Gasteiger partial charge in [0.2, 0.25) is 5.11 Å². The Morgan fingerprint density at radius 2 is 2.23 bits per heavy atom. The zero-order valence-electron chi connectivity index (χ0n) is 22.4. The minimum Gasteiger partial charge on any atom is -0.362 e. The van der Waals surface area contributed by atoms with Crippen molar-refractivity contribution >= 4 is 63.8 Å². The summed E-state index contributed by atoms with van der Waals surface area (Å²) >= 11 is 5.97. The van der Waals surface area contributed by atoms with Crippen molar-refractivity contribution in [2.24, 2.45) is 4.99 Å². The molecule has 1 fully saturated rings. The summed E-state index contributed by atoms with van der Waals surface area (Å²) < 4.78 is 16.0. The van der Waals surface area contributed by atoms with Crippen LogP contribution in [-0.4, -0.2) is 65.8 Å². The van der Waals surface area contributed by atoms with Crippen molar-refractivity contribution in [3.05, 3.63) is 57.3 Å². The number of ketones is 1. The fraction of sp³-hybridized carbons (Fsp3) is 0.367. The van der Waals surface area contributed by atoms with Crippen LogP contribution in [0.25, 0.3) is 28.8 Å². The SMILES string of the molecule is CNC(=S)N(C)[N@@+]12C3=C4C=C[C@@H](C3)O[C@](C)(/C=C\Cn3c5c(c6c7c(c4c1c63)C=NC=7)C(=O)CCC=5)[C@@H]2OC. The van der Waals surface area contributed by atoms with Gasteiger partial charge in [-0.25, -0.2) is 0 Å². The van der Waals surface area contributed by atoms with E-state index in [2.05, 4.69) is 57.2 Å². The lowest BCUT2D eigenvalue weighted by Crippen LogP contribution is -2.72. The number of hydrogen-bond donors (Lipinski definition) is 1. The van der Waals surface area contributed by atoms with Crippen molar-refractivity contribution in [2.45, 2.75) is 50.7 Å². The van der Waals surface area contributed by atoms with E-state index in [1.807, 2.05) is 26.5 Å². The van der Waals surface area contributed by atoms with Gasteiger partial charge in [0.1, 0.15) is 5.52 Å². The molecule has 8 rings (SSSR count). The second kappa shape index (κ2) is 7.63. The van der Waals surface area contributed by atoms with E-state index in [1.54, 1.807) is 7.11 Å². The molecule has 1 aromatic heterocycles. The maximum Gasteiger partial charge on any atom is 0.258 e. The van der Waals surface area contributed by atoms with E-state index in [0.29, 0.717) is 24.5 Å². The van der Waals surface area contributed by atoms with Crippen LogP contribution in [0.1, 0.15) is 47.7 Å². The first-order valence-electron chi connectivity index (χ1n) is 13.5. The van der Waals surface area contributed by atoms with E-state index in [4.69, 9.17) is 21.7 Å². The van der Waals surface area contributed by atoms with Gasteiger partial charge in [0, 0.05) is 66.6 Å². The molecule has 4 atom stereocenters. The number of nitrogens with zero attached hydrogens (tertiary/aromatic N) is 4. The number of quaternary nitrogens is 1. The van der Waals surface area contributed by atoms with E-state index < -0.39 is 11.8 Å². The fourth-order valence-corrected chi connectivity index (χ4v) is 8.14. The number of rotatable bonds is 2. The number of carbonyl (C=O) groups is 1. The summed E-state index contributed by atoms with van der Waals surface area (Å²) in [5, 5.41) is 8.94. The molecular formula is C30H30N5O3S+. The van der Waals surface area contributed by atoms with Crippen molar-refractivity contribution in [3.63, 3.8) is 0 Å². The van der Waals surface area contributed by atoms with Crippen LogP contribution in [0, 0.1) is 0 Å². The molecule has 0 spiro atoms. The van der Waals surface area contributed by atoms with E-state index in [1.165, 1.54) is 5.70 Å². The van der Waals surface area contributed by atoms with Crippen molar-refractivity contribution < 1.29 is 14.3 Å². The first-order chi connectivity index (χ1) is 18.9. The summed E-state index contributed by atoms with van der Waals surface area (Å²) in [5.74, 6) is 0.188. The lowest BCUT2D eigenvalue weighted by atomic mass is 9.90. The lowest BCUT2D eigenvalue weighted by Gasteiger charge is -2.49. The lowest BCUT2D eigenvalue weighted by molar-refractivity contribution is -0.175. The van der Waals surface area contributed by atoms with Crippen molar-refractivity contribution in [3.8, 4) is 0 Å².